The molecule has 1 saturated heterocycles. The fourth-order valence-electron chi connectivity index (χ4n) is 1.95. The highest BCUT2D eigenvalue weighted by atomic mass is 16.3. The Hall–Kier alpha value is -0.810. The second kappa shape index (κ2) is 5.92. The maximum absolute atomic E-state index is 10.9. The Labute approximate surface area is 90.6 Å². The second-order valence-electron chi connectivity index (χ2n) is 4.18. The van der Waals surface area contributed by atoms with Crippen LogP contribution in [0.5, 0.6) is 0 Å². The maximum Gasteiger partial charge on any atom is 0.314 e. The minimum absolute atomic E-state index is 0.217. The van der Waals surface area contributed by atoms with Crippen LogP contribution >= 0.6 is 0 Å². The number of nitrogens with one attached hydrogen (secondary N) is 1. The highest BCUT2D eigenvalue weighted by Crippen LogP contribution is 2.10. The quantitative estimate of drug-likeness (QED) is 0.612. The zero-order chi connectivity index (χ0) is 11.3. The molecule has 1 unspecified atom stereocenters. The third-order valence-electron chi connectivity index (χ3n) is 2.89. The summed E-state index contributed by atoms with van der Waals surface area (Å²) < 4.78 is 0. The van der Waals surface area contributed by atoms with Crippen LogP contribution in [0.4, 0.5) is 4.79 Å². The summed E-state index contributed by atoms with van der Waals surface area (Å²) in [4.78, 5) is 12.6. The largest absolute Gasteiger partial charge is 0.396 e. The molecule has 1 rings (SSSR count). The fraction of sp³-hybridized carbons (Fsp3) is 0.900. The molecule has 0 saturated carbocycles. The highest BCUT2D eigenvalue weighted by Gasteiger charge is 2.21. The predicted octanol–water partition coefficient (Wildman–Crippen LogP) is -0.110. The minimum atomic E-state index is -0.322. The van der Waals surface area contributed by atoms with Crippen molar-refractivity contribution in [2.75, 3.05) is 19.7 Å². The van der Waals surface area contributed by atoms with Crippen LogP contribution in [-0.4, -0.2) is 47.8 Å². The Morgan fingerprint density at radius 1 is 1.60 bits per heavy atom. The number of aliphatic hydroxyl groups is 1. The summed E-state index contributed by atoms with van der Waals surface area (Å²) in [6.45, 7) is 3.75. The molecule has 1 fully saturated rings. The lowest BCUT2D eigenvalue weighted by Gasteiger charge is -2.32. The lowest BCUT2D eigenvalue weighted by molar-refractivity contribution is 0.180. The topological polar surface area (TPSA) is 78.6 Å². The first-order chi connectivity index (χ1) is 7.13. The SMILES string of the molecule is CC(CCO)NC1CCN(C(N)=O)CC1. The molecule has 0 aromatic rings. The number of hydrogen-bond donors (Lipinski definition) is 3. The van der Waals surface area contributed by atoms with E-state index in [1.807, 2.05) is 0 Å². The first-order valence-corrected chi connectivity index (χ1v) is 5.54. The molecule has 1 heterocycles. The molecule has 4 N–H and O–H groups in total. The van der Waals surface area contributed by atoms with Crippen LogP contribution < -0.4 is 11.1 Å². The zero-order valence-electron chi connectivity index (χ0n) is 9.28. The van der Waals surface area contributed by atoms with Crippen LogP contribution in [0.1, 0.15) is 26.2 Å². The molecule has 15 heavy (non-hydrogen) atoms. The number of nitrogens with two attached hydrogens (primary N) is 1. The van der Waals surface area contributed by atoms with Crippen molar-refractivity contribution in [2.24, 2.45) is 5.73 Å². The molecule has 0 bridgehead atoms. The molecule has 5 nitrogen and oxygen atoms in total. The second-order valence-corrected chi connectivity index (χ2v) is 4.18. The molecule has 1 atom stereocenters. The van der Waals surface area contributed by atoms with Crippen molar-refractivity contribution in [3.8, 4) is 0 Å². The van der Waals surface area contributed by atoms with E-state index in [4.69, 9.17) is 10.8 Å². The predicted molar refractivity (Wildman–Crippen MR) is 58.5 cm³/mol. The Kier molecular flexibility index (Phi) is 4.84. The van der Waals surface area contributed by atoms with E-state index in [1.54, 1.807) is 4.90 Å². The van der Waals surface area contributed by atoms with Crippen molar-refractivity contribution in [3.05, 3.63) is 0 Å². The van der Waals surface area contributed by atoms with Gasteiger partial charge in [0.25, 0.3) is 0 Å². The van der Waals surface area contributed by atoms with Gasteiger partial charge in [0.05, 0.1) is 0 Å². The van der Waals surface area contributed by atoms with Crippen LogP contribution in [0.25, 0.3) is 0 Å². The number of hydrogen-bond acceptors (Lipinski definition) is 3. The molecule has 1 aliphatic heterocycles. The van der Waals surface area contributed by atoms with E-state index in [9.17, 15) is 4.79 Å². The Bertz CT molecular complexity index is 203. The molecular formula is C10H21N3O2. The van der Waals surface area contributed by atoms with E-state index in [2.05, 4.69) is 12.2 Å². The Morgan fingerprint density at radius 3 is 2.67 bits per heavy atom. The smallest absolute Gasteiger partial charge is 0.314 e. The fourth-order valence-corrected chi connectivity index (χ4v) is 1.95. The van der Waals surface area contributed by atoms with Gasteiger partial charge in [0.15, 0.2) is 0 Å². The van der Waals surface area contributed by atoms with Gasteiger partial charge in [-0.05, 0) is 26.2 Å². The number of urea groups is 1. The number of carbonyl (C=O) groups excluding carboxylic acids is 1. The highest BCUT2D eigenvalue weighted by molar-refractivity contribution is 5.72. The normalized spacial score (nSPS) is 20.3. The van der Waals surface area contributed by atoms with Crippen molar-refractivity contribution >= 4 is 6.03 Å². The summed E-state index contributed by atoms with van der Waals surface area (Å²) in [5.41, 5.74) is 5.20. The lowest BCUT2D eigenvalue weighted by Crippen LogP contribution is -2.48. The molecule has 2 amide bonds. The summed E-state index contributed by atoms with van der Waals surface area (Å²) in [7, 11) is 0. The summed E-state index contributed by atoms with van der Waals surface area (Å²) >= 11 is 0. The third kappa shape index (κ3) is 4.05. The summed E-state index contributed by atoms with van der Waals surface area (Å²) in [6, 6.07) is 0.458. The number of carbonyl (C=O) groups is 1. The number of aliphatic hydroxyl groups excluding tert-OH is 1. The molecule has 0 aromatic heterocycles. The van der Waals surface area contributed by atoms with Gasteiger partial charge < -0.3 is 21.1 Å². The number of primary amides is 1. The van der Waals surface area contributed by atoms with E-state index in [1.165, 1.54) is 0 Å². The molecule has 0 radical (unpaired) electrons. The zero-order valence-corrected chi connectivity index (χ0v) is 9.28. The number of amides is 2. The number of nitrogens with zero attached hydrogens (tertiary/aromatic N) is 1. The Morgan fingerprint density at radius 2 is 2.20 bits per heavy atom. The molecule has 5 heteroatoms. The van der Waals surface area contributed by atoms with Crippen LogP contribution in [0.3, 0.4) is 0 Å². The van der Waals surface area contributed by atoms with E-state index < -0.39 is 0 Å². The minimum Gasteiger partial charge on any atom is -0.396 e. The number of piperidine rings is 1. The number of likely N-dealkylation sites (tertiary alicyclic amines) is 1. The molecular weight excluding hydrogens is 194 g/mol. The first-order valence-electron chi connectivity index (χ1n) is 5.54. The summed E-state index contributed by atoms with van der Waals surface area (Å²) in [6.07, 6.45) is 2.66. The van der Waals surface area contributed by atoms with Crippen LogP contribution in [0.15, 0.2) is 0 Å². The van der Waals surface area contributed by atoms with Crippen molar-refractivity contribution < 1.29 is 9.90 Å². The molecule has 0 spiro atoms. The van der Waals surface area contributed by atoms with Gasteiger partial charge in [0, 0.05) is 31.8 Å². The van der Waals surface area contributed by atoms with E-state index in [0.717, 1.165) is 32.4 Å². The van der Waals surface area contributed by atoms with Gasteiger partial charge in [0.2, 0.25) is 0 Å². The van der Waals surface area contributed by atoms with Gasteiger partial charge in [-0.2, -0.15) is 0 Å². The van der Waals surface area contributed by atoms with Gasteiger partial charge >= 0.3 is 6.03 Å². The van der Waals surface area contributed by atoms with E-state index >= 15 is 0 Å². The molecule has 1 aliphatic rings. The van der Waals surface area contributed by atoms with Crippen molar-refractivity contribution in [2.45, 2.75) is 38.3 Å². The summed E-state index contributed by atoms with van der Waals surface area (Å²) in [5, 5.41) is 12.2. The van der Waals surface area contributed by atoms with Crippen LogP contribution in [-0.2, 0) is 0 Å². The molecule has 0 aliphatic carbocycles. The van der Waals surface area contributed by atoms with Gasteiger partial charge in [-0.25, -0.2) is 4.79 Å². The van der Waals surface area contributed by atoms with Crippen molar-refractivity contribution in [3.63, 3.8) is 0 Å². The van der Waals surface area contributed by atoms with Gasteiger partial charge in [-0.15, -0.1) is 0 Å². The van der Waals surface area contributed by atoms with Crippen LogP contribution in [0.2, 0.25) is 0 Å². The van der Waals surface area contributed by atoms with Gasteiger partial charge in [-0.3, -0.25) is 0 Å². The van der Waals surface area contributed by atoms with Crippen molar-refractivity contribution in [1.29, 1.82) is 0 Å². The third-order valence-corrected chi connectivity index (χ3v) is 2.89. The summed E-state index contributed by atoms with van der Waals surface area (Å²) in [5.74, 6) is 0. The maximum atomic E-state index is 10.9. The Balaban J connectivity index is 2.22. The van der Waals surface area contributed by atoms with E-state index in [0.29, 0.717) is 12.1 Å². The molecule has 88 valence electrons. The van der Waals surface area contributed by atoms with Gasteiger partial charge in [0.1, 0.15) is 0 Å². The number of rotatable bonds is 4. The average Bonchev–Trinajstić information content (AvgIpc) is 2.18. The van der Waals surface area contributed by atoms with Crippen LogP contribution in [0, 0.1) is 0 Å². The average molecular weight is 215 g/mol. The monoisotopic (exact) mass is 215 g/mol. The van der Waals surface area contributed by atoms with E-state index in [-0.39, 0.29) is 12.6 Å². The lowest BCUT2D eigenvalue weighted by atomic mass is 10.0. The van der Waals surface area contributed by atoms with Crippen molar-refractivity contribution in [1.82, 2.24) is 10.2 Å². The first kappa shape index (κ1) is 12.3. The molecule has 0 aromatic carbocycles. The van der Waals surface area contributed by atoms with Gasteiger partial charge in [-0.1, -0.05) is 0 Å². The standard InChI is InChI=1S/C10H21N3O2/c1-8(4-7-14)12-9-2-5-13(6-3-9)10(11)15/h8-9,12,14H,2-7H2,1H3,(H2,11,15).